The van der Waals surface area contributed by atoms with E-state index in [1.165, 1.54) is 0 Å². The minimum Gasteiger partial charge on any atom is -0.497 e. The Bertz CT molecular complexity index is 941. The summed E-state index contributed by atoms with van der Waals surface area (Å²) in [6.45, 7) is 2.20. The van der Waals surface area contributed by atoms with Crippen molar-refractivity contribution in [3.8, 4) is 5.75 Å². The van der Waals surface area contributed by atoms with Crippen LogP contribution in [0.15, 0.2) is 48.7 Å². The Labute approximate surface area is 175 Å². The molecule has 0 N–H and O–H groups in total. The lowest BCUT2D eigenvalue weighted by molar-refractivity contribution is -0.137. The maximum atomic E-state index is 13.0. The third kappa shape index (κ3) is 3.98. The number of amides is 3. The number of anilines is 1. The molecule has 0 bridgehead atoms. The first-order chi connectivity index (χ1) is 14.6. The number of methoxy groups -OCH3 is 1. The summed E-state index contributed by atoms with van der Waals surface area (Å²) in [5.41, 5.74) is 1.15. The highest BCUT2D eigenvalue weighted by atomic mass is 16.5. The zero-order valence-electron chi connectivity index (χ0n) is 16.9. The second kappa shape index (κ2) is 8.52. The van der Waals surface area contributed by atoms with Gasteiger partial charge in [0, 0.05) is 57.1 Å². The summed E-state index contributed by atoms with van der Waals surface area (Å²) in [4.78, 5) is 47.3. The fourth-order valence-corrected chi connectivity index (χ4v) is 3.94. The van der Waals surface area contributed by atoms with Gasteiger partial charge in [0.25, 0.3) is 5.91 Å². The van der Waals surface area contributed by atoms with E-state index in [9.17, 15) is 14.4 Å². The molecule has 0 saturated carbocycles. The predicted molar refractivity (Wildman–Crippen MR) is 110 cm³/mol. The molecule has 1 unspecified atom stereocenters. The standard InChI is InChI=1S/C22H24N4O4/c1-30-18-6-4-5-17(14-18)26-15-16(13-20(26)27)21(28)24-9-11-25(12-10-24)22(29)19-7-2-3-8-23-19/h2-8,14,16H,9-13,15H2,1H3. The Balaban J connectivity index is 1.35. The van der Waals surface area contributed by atoms with E-state index < -0.39 is 0 Å². The number of pyridine rings is 1. The highest BCUT2D eigenvalue weighted by Crippen LogP contribution is 2.29. The summed E-state index contributed by atoms with van der Waals surface area (Å²) >= 11 is 0. The van der Waals surface area contributed by atoms with E-state index in [0.717, 1.165) is 5.69 Å². The Hall–Kier alpha value is -3.42. The summed E-state index contributed by atoms with van der Waals surface area (Å²) in [5, 5.41) is 0. The van der Waals surface area contributed by atoms with Gasteiger partial charge in [0.05, 0.1) is 13.0 Å². The van der Waals surface area contributed by atoms with Crippen LogP contribution in [-0.4, -0.2) is 72.3 Å². The molecule has 1 aromatic heterocycles. The summed E-state index contributed by atoms with van der Waals surface area (Å²) in [6, 6.07) is 12.5. The number of piperazine rings is 1. The second-order valence-corrected chi connectivity index (χ2v) is 7.44. The fourth-order valence-electron chi connectivity index (χ4n) is 3.94. The normalized spacial score (nSPS) is 19.2. The maximum absolute atomic E-state index is 13.0. The molecule has 8 heteroatoms. The van der Waals surface area contributed by atoms with Crippen LogP contribution in [0, 0.1) is 5.92 Å². The first kappa shape index (κ1) is 19.9. The number of carbonyl (C=O) groups is 3. The van der Waals surface area contributed by atoms with Gasteiger partial charge in [-0.25, -0.2) is 0 Å². The highest BCUT2D eigenvalue weighted by Gasteiger charge is 2.38. The zero-order valence-corrected chi connectivity index (χ0v) is 16.9. The van der Waals surface area contributed by atoms with E-state index >= 15 is 0 Å². The molecule has 4 rings (SSSR count). The topological polar surface area (TPSA) is 83.1 Å². The number of ether oxygens (including phenoxy) is 1. The molecule has 2 aliphatic heterocycles. The van der Waals surface area contributed by atoms with Gasteiger partial charge in [0.2, 0.25) is 11.8 Å². The van der Waals surface area contributed by atoms with E-state index in [1.807, 2.05) is 18.2 Å². The van der Waals surface area contributed by atoms with Crippen LogP contribution in [0.2, 0.25) is 0 Å². The van der Waals surface area contributed by atoms with Crippen LogP contribution in [0.25, 0.3) is 0 Å². The highest BCUT2D eigenvalue weighted by molar-refractivity contribution is 6.00. The average molecular weight is 408 g/mol. The molecule has 30 heavy (non-hydrogen) atoms. The number of hydrogen-bond acceptors (Lipinski definition) is 5. The first-order valence-electron chi connectivity index (χ1n) is 10.0. The number of hydrogen-bond donors (Lipinski definition) is 0. The third-order valence-electron chi connectivity index (χ3n) is 5.60. The van der Waals surface area contributed by atoms with E-state index in [-0.39, 0.29) is 30.1 Å². The summed E-state index contributed by atoms with van der Waals surface area (Å²) < 4.78 is 5.23. The second-order valence-electron chi connectivity index (χ2n) is 7.44. The summed E-state index contributed by atoms with van der Waals surface area (Å²) in [5.74, 6) is 0.0812. The lowest BCUT2D eigenvalue weighted by atomic mass is 10.1. The van der Waals surface area contributed by atoms with Gasteiger partial charge >= 0.3 is 0 Å². The zero-order chi connectivity index (χ0) is 21.1. The first-order valence-corrected chi connectivity index (χ1v) is 10.0. The quantitative estimate of drug-likeness (QED) is 0.764. The minimum atomic E-state index is -0.373. The fraction of sp³-hybridized carbons (Fsp3) is 0.364. The van der Waals surface area contributed by atoms with E-state index in [1.54, 1.807) is 52.3 Å². The summed E-state index contributed by atoms with van der Waals surface area (Å²) in [7, 11) is 1.58. The van der Waals surface area contributed by atoms with Crippen LogP contribution < -0.4 is 9.64 Å². The molecule has 0 spiro atoms. The van der Waals surface area contributed by atoms with Gasteiger partial charge in [-0.15, -0.1) is 0 Å². The van der Waals surface area contributed by atoms with Crippen molar-refractivity contribution < 1.29 is 19.1 Å². The minimum absolute atomic E-state index is 0.0290. The lowest BCUT2D eigenvalue weighted by Crippen LogP contribution is -2.52. The predicted octanol–water partition coefficient (Wildman–Crippen LogP) is 1.43. The molecule has 2 fully saturated rings. The number of benzene rings is 1. The van der Waals surface area contributed by atoms with Crippen LogP contribution >= 0.6 is 0 Å². The monoisotopic (exact) mass is 408 g/mol. The van der Waals surface area contributed by atoms with Gasteiger partial charge in [0.1, 0.15) is 11.4 Å². The van der Waals surface area contributed by atoms with Gasteiger partial charge in [-0.05, 0) is 24.3 Å². The number of aromatic nitrogens is 1. The van der Waals surface area contributed by atoms with Gasteiger partial charge in [-0.1, -0.05) is 12.1 Å². The van der Waals surface area contributed by atoms with Crippen molar-refractivity contribution in [3.05, 3.63) is 54.4 Å². The summed E-state index contributed by atoms with van der Waals surface area (Å²) in [6.07, 6.45) is 1.79. The van der Waals surface area contributed by atoms with Crippen LogP contribution in [0.4, 0.5) is 5.69 Å². The van der Waals surface area contributed by atoms with Crippen molar-refractivity contribution in [2.24, 2.45) is 5.92 Å². The van der Waals surface area contributed by atoms with Crippen molar-refractivity contribution >= 4 is 23.4 Å². The molecule has 2 aromatic rings. The number of nitrogens with zero attached hydrogens (tertiary/aromatic N) is 4. The lowest BCUT2D eigenvalue weighted by Gasteiger charge is -2.35. The molecule has 0 radical (unpaired) electrons. The Morgan fingerprint density at radius 1 is 1.03 bits per heavy atom. The third-order valence-corrected chi connectivity index (χ3v) is 5.60. The Kier molecular flexibility index (Phi) is 5.65. The van der Waals surface area contributed by atoms with Crippen molar-refractivity contribution in [2.75, 3.05) is 44.7 Å². The van der Waals surface area contributed by atoms with Crippen molar-refractivity contribution in [3.63, 3.8) is 0 Å². The maximum Gasteiger partial charge on any atom is 0.272 e. The average Bonchev–Trinajstić information content (AvgIpc) is 3.20. The van der Waals surface area contributed by atoms with E-state index in [2.05, 4.69) is 4.98 Å². The van der Waals surface area contributed by atoms with Crippen LogP contribution in [-0.2, 0) is 9.59 Å². The van der Waals surface area contributed by atoms with Gasteiger partial charge in [0.15, 0.2) is 0 Å². The van der Waals surface area contributed by atoms with Crippen molar-refractivity contribution in [2.45, 2.75) is 6.42 Å². The van der Waals surface area contributed by atoms with Gasteiger partial charge < -0.3 is 19.4 Å². The van der Waals surface area contributed by atoms with E-state index in [4.69, 9.17) is 4.74 Å². The Morgan fingerprint density at radius 3 is 2.50 bits per heavy atom. The SMILES string of the molecule is COc1cccc(N2CC(C(=O)N3CCN(C(=O)c4ccccn4)CC3)CC2=O)c1. The molecule has 2 saturated heterocycles. The molecule has 2 aliphatic rings. The van der Waals surface area contributed by atoms with Crippen molar-refractivity contribution in [1.82, 2.24) is 14.8 Å². The van der Waals surface area contributed by atoms with Crippen molar-refractivity contribution in [1.29, 1.82) is 0 Å². The molecule has 156 valence electrons. The molecule has 3 amide bonds. The van der Waals surface area contributed by atoms with Crippen LogP contribution in [0.1, 0.15) is 16.9 Å². The number of carbonyl (C=O) groups excluding carboxylic acids is 3. The molecular formula is C22H24N4O4. The number of rotatable bonds is 4. The largest absolute Gasteiger partial charge is 0.497 e. The molecule has 0 aliphatic carbocycles. The van der Waals surface area contributed by atoms with Crippen LogP contribution in [0.5, 0.6) is 5.75 Å². The smallest absolute Gasteiger partial charge is 0.272 e. The molecule has 1 aromatic carbocycles. The molecular weight excluding hydrogens is 384 g/mol. The van der Waals surface area contributed by atoms with Crippen LogP contribution in [0.3, 0.4) is 0 Å². The van der Waals surface area contributed by atoms with E-state index in [0.29, 0.717) is 44.2 Å². The Morgan fingerprint density at radius 2 is 1.80 bits per heavy atom. The van der Waals surface area contributed by atoms with Gasteiger partial charge in [-0.3, -0.25) is 19.4 Å². The molecule has 3 heterocycles. The molecule has 8 nitrogen and oxygen atoms in total. The van der Waals surface area contributed by atoms with Gasteiger partial charge in [-0.2, -0.15) is 0 Å². The molecule has 1 atom stereocenters.